The van der Waals surface area contributed by atoms with Crippen molar-refractivity contribution in [2.75, 3.05) is 0 Å². The number of hydrogen-bond acceptors (Lipinski definition) is 1. The van der Waals surface area contributed by atoms with E-state index in [2.05, 4.69) is 67.7 Å². The summed E-state index contributed by atoms with van der Waals surface area (Å²) in [5, 5.41) is 3.46. The molecule has 1 heteroatoms. The van der Waals surface area contributed by atoms with Crippen LogP contribution >= 0.6 is 0 Å². The summed E-state index contributed by atoms with van der Waals surface area (Å²) in [7, 11) is 0. The summed E-state index contributed by atoms with van der Waals surface area (Å²) in [6.07, 6.45) is 4.12. The van der Waals surface area contributed by atoms with E-state index in [1.807, 2.05) is 0 Å². The Morgan fingerprint density at radius 1 is 1.00 bits per heavy atom. The molecule has 0 radical (unpaired) electrons. The van der Waals surface area contributed by atoms with Crippen LogP contribution in [0.4, 0.5) is 0 Å². The molecule has 1 N–H and O–H groups in total. The number of benzene rings is 2. The molecule has 1 nitrogen and oxygen atoms in total. The number of rotatable bonds is 5. The maximum atomic E-state index is 3.46. The molecule has 2 aromatic rings. The third-order valence-electron chi connectivity index (χ3n) is 4.46. The molecular weight excluding hydrogens is 254 g/mol. The second-order valence-electron chi connectivity index (χ2n) is 6.49. The first-order valence-corrected chi connectivity index (χ1v) is 8.15. The average molecular weight is 279 g/mol. The van der Waals surface area contributed by atoms with Crippen molar-refractivity contribution in [2.24, 2.45) is 0 Å². The van der Waals surface area contributed by atoms with Gasteiger partial charge >= 0.3 is 0 Å². The van der Waals surface area contributed by atoms with Gasteiger partial charge in [-0.15, -0.1) is 0 Å². The third kappa shape index (κ3) is 3.54. The van der Waals surface area contributed by atoms with Crippen LogP contribution in [0.2, 0.25) is 0 Å². The van der Waals surface area contributed by atoms with E-state index in [-0.39, 0.29) is 0 Å². The van der Waals surface area contributed by atoms with Gasteiger partial charge in [0.05, 0.1) is 0 Å². The molecular formula is C20H25N. The zero-order valence-corrected chi connectivity index (χ0v) is 13.1. The van der Waals surface area contributed by atoms with E-state index in [0.29, 0.717) is 6.04 Å². The first kappa shape index (κ1) is 14.3. The van der Waals surface area contributed by atoms with Crippen molar-refractivity contribution in [3.05, 3.63) is 59.7 Å². The summed E-state index contributed by atoms with van der Waals surface area (Å²) in [5.74, 6) is 0.805. The summed E-state index contributed by atoms with van der Waals surface area (Å²) in [5.41, 5.74) is 5.54. The Labute approximate surface area is 128 Å². The van der Waals surface area contributed by atoms with Gasteiger partial charge in [-0.3, -0.25) is 0 Å². The minimum absolute atomic E-state index is 0.531. The van der Waals surface area contributed by atoms with Gasteiger partial charge < -0.3 is 5.32 Å². The molecule has 0 saturated heterocycles. The van der Waals surface area contributed by atoms with E-state index in [9.17, 15) is 0 Å². The van der Waals surface area contributed by atoms with Crippen LogP contribution in [0.3, 0.4) is 0 Å². The lowest BCUT2D eigenvalue weighted by atomic mass is 9.79. The number of nitrogens with one attached hydrogen (secondary N) is 1. The average Bonchev–Trinajstić information content (AvgIpc) is 2.44. The van der Waals surface area contributed by atoms with Crippen LogP contribution in [0.25, 0.3) is 11.1 Å². The molecule has 110 valence electrons. The zero-order chi connectivity index (χ0) is 14.7. The fourth-order valence-corrected chi connectivity index (χ4v) is 2.85. The topological polar surface area (TPSA) is 12.0 Å². The fourth-order valence-electron chi connectivity index (χ4n) is 2.85. The normalized spacial score (nSPS) is 15.2. The molecule has 0 heterocycles. The van der Waals surface area contributed by atoms with Gasteiger partial charge in [0.15, 0.2) is 0 Å². The van der Waals surface area contributed by atoms with Crippen molar-refractivity contribution in [3.63, 3.8) is 0 Å². The Morgan fingerprint density at radius 2 is 1.76 bits per heavy atom. The molecule has 0 bridgehead atoms. The highest BCUT2D eigenvalue weighted by atomic mass is 14.9. The Morgan fingerprint density at radius 3 is 2.38 bits per heavy atom. The summed E-state index contributed by atoms with van der Waals surface area (Å²) in [4.78, 5) is 0. The van der Waals surface area contributed by atoms with E-state index in [1.54, 1.807) is 0 Å². The molecule has 1 aliphatic rings. The van der Waals surface area contributed by atoms with E-state index >= 15 is 0 Å². The van der Waals surface area contributed by atoms with Gasteiger partial charge in [-0.05, 0) is 41.0 Å². The van der Waals surface area contributed by atoms with Crippen molar-refractivity contribution in [1.29, 1.82) is 0 Å². The first-order chi connectivity index (χ1) is 10.2. The molecule has 1 fully saturated rings. The van der Waals surface area contributed by atoms with Crippen LogP contribution in [0.5, 0.6) is 0 Å². The maximum absolute atomic E-state index is 3.46. The molecule has 0 amide bonds. The molecule has 0 spiro atoms. The van der Waals surface area contributed by atoms with Crippen LogP contribution < -0.4 is 5.32 Å². The molecule has 3 rings (SSSR count). The van der Waals surface area contributed by atoms with Crippen LogP contribution in [0.1, 0.15) is 50.2 Å². The van der Waals surface area contributed by atoms with E-state index in [4.69, 9.17) is 0 Å². The minimum Gasteiger partial charge on any atom is -0.310 e. The van der Waals surface area contributed by atoms with Gasteiger partial charge in [0.25, 0.3) is 0 Å². The SMILES string of the molecule is CC(C)NCc1ccc(-c2cccc(C3CCC3)c2)cc1. The lowest BCUT2D eigenvalue weighted by molar-refractivity contribution is 0.420. The molecule has 0 aliphatic heterocycles. The molecule has 1 aliphatic carbocycles. The van der Waals surface area contributed by atoms with E-state index in [1.165, 1.54) is 41.5 Å². The van der Waals surface area contributed by atoms with Crippen molar-refractivity contribution >= 4 is 0 Å². The van der Waals surface area contributed by atoms with Gasteiger partial charge in [-0.1, -0.05) is 68.8 Å². The summed E-state index contributed by atoms with van der Waals surface area (Å²) >= 11 is 0. The zero-order valence-electron chi connectivity index (χ0n) is 13.1. The molecule has 21 heavy (non-hydrogen) atoms. The largest absolute Gasteiger partial charge is 0.310 e. The molecule has 0 aromatic heterocycles. The van der Waals surface area contributed by atoms with E-state index < -0.39 is 0 Å². The Balaban J connectivity index is 1.74. The van der Waals surface area contributed by atoms with Crippen LogP contribution in [0, 0.1) is 0 Å². The highest BCUT2D eigenvalue weighted by Crippen LogP contribution is 2.37. The summed E-state index contributed by atoms with van der Waals surface area (Å²) in [6.45, 7) is 5.31. The van der Waals surface area contributed by atoms with Gasteiger partial charge in [-0.25, -0.2) is 0 Å². The molecule has 0 atom stereocenters. The van der Waals surface area contributed by atoms with Crippen molar-refractivity contribution < 1.29 is 0 Å². The lowest BCUT2D eigenvalue weighted by Gasteiger charge is -2.26. The first-order valence-electron chi connectivity index (χ1n) is 8.15. The second-order valence-corrected chi connectivity index (χ2v) is 6.49. The van der Waals surface area contributed by atoms with Crippen molar-refractivity contribution in [2.45, 2.75) is 51.6 Å². The summed E-state index contributed by atoms with van der Waals surface area (Å²) < 4.78 is 0. The fraction of sp³-hybridized carbons (Fsp3) is 0.400. The smallest absolute Gasteiger partial charge is 0.0207 e. The predicted octanol–water partition coefficient (Wildman–Crippen LogP) is 5.12. The monoisotopic (exact) mass is 279 g/mol. The van der Waals surface area contributed by atoms with Gasteiger partial charge in [0.2, 0.25) is 0 Å². The van der Waals surface area contributed by atoms with Crippen LogP contribution in [-0.2, 0) is 6.54 Å². The van der Waals surface area contributed by atoms with Crippen LogP contribution in [0.15, 0.2) is 48.5 Å². The maximum Gasteiger partial charge on any atom is 0.0207 e. The Bertz CT molecular complexity index is 579. The van der Waals surface area contributed by atoms with Crippen molar-refractivity contribution in [1.82, 2.24) is 5.32 Å². The van der Waals surface area contributed by atoms with Crippen LogP contribution in [-0.4, -0.2) is 6.04 Å². The van der Waals surface area contributed by atoms with Gasteiger partial charge in [0.1, 0.15) is 0 Å². The summed E-state index contributed by atoms with van der Waals surface area (Å²) in [6, 6.07) is 18.6. The van der Waals surface area contributed by atoms with Gasteiger partial charge in [-0.2, -0.15) is 0 Å². The van der Waals surface area contributed by atoms with Gasteiger partial charge in [0, 0.05) is 12.6 Å². The second kappa shape index (κ2) is 6.44. The number of hydrogen-bond donors (Lipinski definition) is 1. The highest BCUT2D eigenvalue weighted by Gasteiger charge is 2.19. The predicted molar refractivity (Wildman–Crippen MR) is 90.4 cm³/mol. The molecule has 1 saturated carbocycles. The van der Waals surface area contributed by atoms with E-state index in [0.717, 1.165) is 12.5 Å². The Kier molecular flexibility index (Phi) is 4.40. The highest BCUT2D eigenvalue weighted by molar-refractivity contribution is 5.64. The lowest BCUT2D eigenvalue weighted by Crippen LogP contribution is -2.21. The third-order valence-corrected chi connectivity index (χ3v) is 4.46. The molecule has 0 unspecified atom stereocenters. The Hall–Kier alpha value is -1.60. The minimum atomic E-state index is 0.531. The van der Waals surface area contributed by atoms with Crippen molar-refractivity contribution in [3.8, 4) is 11.1 Å². The quantitative estimate of drug-likeness (QED) is 0.801. The molecule has 2 aromatic carbocycles. The standard InChI is InChI=1S/C20H25N/c1-15(2)21-14-16-9-11-18(12-10-16)20-8-4-7-19(13-20)17-5-3-6-17/h4,7-13,15,17,21H,3,5-6,14H2,1-2H3.